The maximum absolute atomic E-state index is 8.65. The van der Waals surface area contributed by atoms with Gasteiger partial charge in [0, 0.05) is 24.2 Å². The number of benzene rings is 6. The molecule has 9 rings (SSSR count). The lowest BCUT2D eigenvalue weighted by Crippen LogP contribution is -2.07. The summed E-state index contributed by atoms with van der Waals surface area (Å²) >= 11 is 0. The highest BCUT2D eigenvalue weighted by Crippen LogP contribution is 2.57. The normalized spacial score (nSPS) is 12.1. The summed E-state index contributed by atoms with van der Waals surface area (Å²) in [5.41, 5.74) is 11.8. The molecular formula is C45H29N5. The van der Waals surface area contributed by atoms with Gasteiger partial charge in [-0.15, -0.1) is 0 Å². The van der Waals surface area contributed by atoms with Crippen molar-refractivity contribution in [3.63, 3.8) is 0 Å². The molecule has 0 atom stereocenters. The van der Waals surface area contributed by atoms with Crippen molar-refractivity contribution in [1.29, 1.82) is 5.41 Å². The molecule has 1 aliphatic rings. The molecular weight excluding hydrogens is 611 g/mol. The van der Waals surface area contributed by atoms with Crippen LogP contribution in [0.2, 0.25) is 0 Å². The second kappa shape index (κ2) is 12.3. The number of fused-ring (bicyclic) bond motifs is 4. The number of nitrogens with one attached hydrogen (secondary N) is 1. The average Bonchev–Trinajstić information content (AvgIpc) is 3.52. The Balaban J connectivity index is 1.28. The molecule has 5 heteroatoms. The van der Waals surface area contributed by atoms with Crippen molar-refractivity contribution in [2.75, 3.05) is 0 Å². The summed E-state index contributed by atoms with van der Waals surface area (Å²) in [5.74, 6) is 0.366. The van der Waals surface area contributed by atoms with Crippen molar-refractivity contribution >= 4 is 39.4 Å². The van der Waals surface area contributed by atoms with Crippen LogP contribution in [0, 0.1) is 5.41 Å². The van der Waals surface area contributed by atoms with Crippen LogP contribution in [0.4, 0.5) is 0 Å². The van der Waals surface area contributed by atoms with Crippen LogP contribution in [-0.4, -0.2) is 27.9 Å². The lowest BCUT2D eigenvalue weighted by molar-refractivity contribution is 1.24. The van der Waals surface area contributed by atoms with Gasteiger partial charge in [-0.25, -0.2) is 9.98 Å². The average molecular weight is 640 g/mol. The molecule has 234 valence electrons. The molecule has 1 aliphatic carbocycles. The SMILES string of the molecule is N=C(N=C(N=Cc1ccc2c3c(cccc13)-c1c-2c(-c2ccccc2)c2ccccc2c1-c1ccccc1)c1ccccn1)c1ccccn1. The lowest BCUT2D eigenvalue weighted by Gasteiger charge is -2.20. The Hall–Kier alpha value is -6.85. The zero-order valence-corrected chi connectivity index (χ0v) is 27.0. The highest BCUT2D eigenvalue weighted by Gasteiger charge is 2.30. The molecule has 6 aromatic carbocycles. The minimum Gasteiger partial charge on any atom is -0.281 e. The lowest BCUT2D eigenvalue weighted by atomic mass is 9.82. The van der Waals surface area contributed by atoms with Gasteiger partial charge >= 0.3 is 0 Å². The Morgan fingerprint density at radius 2 is 1.02 bits per heavy atom. The second-order valence-corrected chi connectivity index (χ2v) is 12.2. The molecule has 1 N–H and O–H groups in total. The van der Waals surface area contributed by atoms with Crippen LogP contribution in [0.5, 0.6) is 0 Å². The van der Waals surface area contributed by atoms with E-state index in [-0.39, 0.29) is 5.84 Å². The number of aromatic nitrogens is 2. The first-order chi connectivity index (χ1) is 24.8. The predicted octanol–water partition coefficient (Wildman–Crippen LogP) is 10.7. The molecule has 50 heavy (non-hydrogen) atoms. The fourth-order valence-electron chi connectivity index (χ4n) is 7.19. The Morgan fingerprint density at radius 1 is 0.480 bits per heavy atom. The molecule has 8 aromatic rings. The van der Waals surface area contributed by atoms with Gasteiger partial charge in [0.15, 0.2) is 11.7 Å². The molecule has 0 radical (unpaired) electrons. The van der Waals surface area contributed by atoms with Gasteiger partial charge in [0.05, 0.1) is 0 Å². The minimum atomic E-state index is 0.0215. The third kappa shape index (κ3) is 4.92. The summed E-state index contributed by atoms with van der Waals surface area (Å²) in [7, 11) is 0. The van der Waals surface area contributed by atoms with E-state index in [1.165, 1.54) is 60.7 Å². The maximum Gasteiger partial charge on any atom is 0.180 e. The fraction of sp³-hybridized carbons (Fsp3) is 0. The van der Waals surface area contributed by atoms with Crippen molar-refractivity contribution in [3.8, 4) is 44.5 Å². The molecule has 0 saturated carbocycles. The molecule has 2 aromatic heterocycles. The number of hydrogen-bond donors (Lipinski definition) is 1. The number of nitrogens with zero attached hydrogens (tertiary/aromatic N) is 4. The van der Waals surface area contributed by atoms with Crippen molar-refractivity contribution in [3.05, 3.63) is 181 Å². The van der Waals surface area contributed by atoms with E-state index < -0.39 is 0 Å². The first kappa shape index (κ1) is 29.3. The monoisotopic (exact) mass is 639 g/mol. The van der Waals surface area contributed by atoms with E-state index in [4.69, 9.17) is 10.4 Å². The Morgan fingerprint density at radius 3 is 1.62 bits per heavy atom. The molecule has 0 spiro atoms. The van der Waals surface area contributed by atoms with Crippen molar-refractivity contribution < 1.29 is 0 Å². The van der Waals surface area contributed by atoms with E-state index >= 15 is 0 Å². The van der Waals surface area contributed by atoms with E-state index in [9.17, 15) is 0 Å². The highest BCUT2D eigenvalue weighted by molar-refractivity contribution is 6.29. The van der Waals surface area contributed by atoms with Crippen molar-refractivity contribution in [2.24, 2.45) is 9.98 Å². The van der Waals surface area contributed by atoms with Crippen molar-refractivity contribution in [1.82, 2.24) is 9.97 Å². The molecule has 0 unspecified atom stereocenters. The van der Waals surface area contributed by atoms with E-state index in [1.807, 2.05) is 36.5 Å². The smallest absolute Gasteiger partial charge is 0.180 e. The van der Waals surface area contributed by atoms with Crippen LogP contribution >= 0.6 is 0 Å². The molecule has 0 amide bonds. The summed E-state index contributed by atoms with van der Waals surface area (Å²) < 4.78 is 0. The van der Waals surface area contributed by atoms with Crippen LogP contribution in [0.15, 0.2) is 174 Å². The third-order valence-electron chi connectivity index (χ3n) is 9.30. The van der Waals surface area contributed by atoms with E-state index in [1.54, 1.807) is 18.5 Å². The highest BCUT2D eigenvalue weighted by atomic mass is 15.0. The van der Waals surface area contributed by atoms with Gasteiger partial charge in [0.25, 0.3) is 0 Å². The van der Waals surface area contributed by atoms with E-state index in [0.29, 0.717) is 17.2 Å². The van der Waals surface area contributed by atoms with Crippen LogP contribution in [-0.2, 0) is 0 Å². The number of pyridine rings is 2. The predicted molar refractivity (Wildman–Crippen MR) is 206 cm³/mol. The molecule has 0 aliphatic heterocycles. The molecule has 2 heterocycles. The Kier molecular flexibility index (Phi) is 7.21. The number of rotatable bonds is 5. The van der Waals surface area contributed by atoms with Crippen LogP contribution < -0.4 is 0 Å². The Bertz CT molecular complexity index is 2540. The molecule has 0 fully saturated rings. The summed E-state index contributed by atoms with van der Waals surface area (Å²) in [6, 6.07) is 52.3. The summed E-state index contributed by atoms with van der Waals surface area (Å²) in [4.78, 5) is 18.3. The third-order valence-corrected chi connectivity index (χ3v) is 9.30. The Labute approximate surface area is 289 Å². The van der Waals surface area contributed by atoms with Crippen LogP contribution in [0.25, 0.3) is 66.1 Å². The van der Waals surface area contributed by atoms with Crippen LogP contribution in [0.1, 0.15) is 17.0 Å². The number of hydrogen-bond acceptors (Lipinski definition) is 3. The van der Waals surface area contributed by atoms with Gasteiger partial charge in [-0.1, -0.05) is 127 Å². The summed E-state index contributed by atoms with van der Waals surface area (Å²) in [6.07, 6.45) is 5.21. The maximum atomic E-state index is 8.65. The van der Waals surface area contributed by atoms with Gasteiger partial charge in [0.1, 0.15) is 11.4 Å². The second-order valence-electron chi connectivity index (χ2n) is 12.2. The van der Waals surface area contributed by atoms with Gasteiger partial charge in [-0.2, -0.15) is 0 Å². The molecule has 0 bridgehead atoms. The van der Waals surface area contributed by atoms with Gasteiger partial charge in [-0.05, 0) is 90.3 Å². The quantitative estimate of drug-likeness (QED) is 0.150. The topological polar surface area (TPSA) is 74.3 Å². The van der Waals surface area contributed by atoms with E-state index in [0.717, 1.165) is 10.9 Å². The summed E-state index contributed by atoms with van der Waals surface area (Å²) in [5, 5.41) is 13.4. The van der Waals surface area contributed by atoms with Gasteiger partial charge in [0.2, 0.25) is 0 Å². The standard InChI is InChI=1S/C45H29N5/c46-44(37-22-9-11-26-47-37)50-45(38-23-10-12-27-48-38)49-28-31-24-25-36-41-32(31)20-13-21-35(41)42-39(29-14-3-1-4-15-29)33-18-7-8-19-34(33)40(43(36)42)30-16-5-2-6-17-30/h1-28,46H. The molecule has 5 nitrogen and oxygen atoms in total. The van der Waals surface area contributed by atoms with Crippen LogP contribution in [0.3, 0.4) is 0 Å². The van der Waals surface area contributed by atoms with Gasteiger partial charge in [-0.3, -0.25) is 15.4 Å². The minimum absolute atomic E-state index is 0.0215. The fourth-order valence-corrected chi connectivity index (χ4v) is 7.19. The van der Waals surface area contributed by atoms with Crippen molar-refractivity contribution in [2.45, 2.75) is 0 Å². The largest absolute Gasteiger partial charge is 0.281 e. The van der Waals surface area contributed by atoms with E-state index in [2.05, 4.69) is 130 Å². The molecule has 0 saturated heterocycles. The first-order valence-electron chi connectivity index (χ1n) is 16.6. The first-order valence-corrected chi connectivity index (χ1v) is 16.6. The zero-order chi connectivity index (χ0) is 33.4. The summed E-state index contributed by atoms with van der Waals surface area (Å²) in [6.45, 7) is 0. The van der Waals surface area contributed by atoms with Gasteiger partial charge < -0.3 is 0 Å². The zero-order valence-electron chi connectivity index (χ0n) is 27.0. The number of aliphatic imine (C=N–C) groups is 2. The number of amidine groups is 2.